The average molecular weight is 1510 g/mol. The van der Waals surface area contributed by atoms with Gasteiger partial charge in [-0.1, -0.05) is 0 Å². The van der Waals surface area contributed by atoms with Gasteiger partial charge in [-0.15, -0.1) is 0 Å². The summed E-state index contributed by atoms with van der Waals surface area (Å²) in [6.07, 6.45) is 0. The van der Waals surface area contributed by atoms with E-state index in [0.717, 1.165) is 32.1 Å². The molecular formula is C20H15I9NO3V-. The summed E-state index contributed by atoms with van der Waals surface area (Å²) in [4.78, 5) is 0. The van der Waals surface area contributed by atoms with Gasteiger partial charge in [0.25, 0.3) is 0 Å². The van der Waals surface area contributed by atoms with E-state index in [9.17, 15) is 15.3 Å². The molecule has 0 aromatic heterocycles. The van der Waals surface area contributed by atoms with Crippen molar-refractivity contribution in [1.82, 2.24) is 0 Å². The van der Waals surface area contributed by atoms with Gasteiger partial charge >= 0.3 is 0 Å². The summed E-state index contributed by atoms with van der Waals surface area (Å²) in [5.74, 6) is 1.17. The van der Waals surface area contributed by atoms with Crippen LogP contribution in [0.2, 0.25) is 0 Å². The van der Waals surface area contributed by atoms with Gasteiger partial charge in [-0.3, -0.25) is 0 Å². The molecule has 0 fully saturated rings. The quantitative estimate of drug-likeness (QED) is 0.196. The molecule has 0 saturated heterocycles. The molecule has 34 heavy (non-hydrogen) atoms. The van der Waals surface area contributed by atoms with Crippen LogP contribution in [0, 0.1) is 32.1 Å². The Labute approximate surface area is 335 Å². The number of phenols is 3. The molecule has 3 aromatic rings. The Morgan fingerprint density at radius 3 is 0.676 bits per heavy atom. The van der Waals surface area contributed by atoms with Crippen LogP contribution < -0.4 is 0 Å². The second-order valence-electron chi connectivity index (χ2n) is 5.60. The zero-order valence-corrected chi connectivity index (χ0v) is 37.9. The van der Waals surface area contributed by atoms with Crippen molar-refractivity contribution in [3.05, 3.63) is 73.8 Å². The zero-order chi connectivity index (χ0) is 25.9. The summed E-state index contributed by atoms with van der Waals surface area (Å²) in [5, 5.41) is 31.4. The van der Waals surface area contributed by atoms with Gasteiger partial charge in [0.2, 0.25) is 0 Å². The molecule has 3 aromatic carbocycles. The van der Waals surface area contributed by atoms with E-state index < -0.39 is 0 Å². The smallest absolute Gasteiger partial charge is 0.142 e. The number of benzene rings is 3. The van der Waals surface area contributed by atoms with Crippen molar-refractivity contribution in [2.24, 2.45) is 0 Å². The van der Waals surface area contributed by atoms with Crippen molar-refractivity contribution >= 4 is 203 Å². The van der Waals surface area contributed by atoms with Crippen LogP contribution in [0.1, 0.15) is 0 Å². The molecule has 3 N–H and O–H groups in total. The third-order valence-electron chi connectivity index (χ3n) is 2.94. The van der Waals surface area contributed by atoms with Crippen molar-refractivity contribution < 1.29 is 33.9 Å². The topological polar surface area (TPSA) is 74.8 Å². The van der Waals surface area contributed by atoms with Crippen LogP contribution in [0.3, 0.4) is 0 Å². The van der Waals surface area contributed by atoms with E-state index >= 15 is 0 Å². The molecule has 1 radical (unpaired) electrons. The van der Waals surface area contributed by atoms with E-state index in [1.54, 1.807) is 14.1 Å². The fraction of sp³-hybridized carbons (Fsp3) is 0.100. The molecule has 0 saturated carbocycles. The van der Waals surface area contributed by atoms with Gasteiger partial charge < -0.3 is 20.6 Å². The minimum absolute atomic E-state index is 0. The molecule has 0 aliphatic carbocycles. The van der Waals surface area contributed by atoms with Crippen molar-refractivity contribution in [3.8, 4) is 17.2 Å². The SMILES string of the molecule is C[N-]C.Oc1c(I)cc(I)cc1I.Oc1c(I)cc(I)cc1I.Oc1c(I)cc(I)cc1I.[V]. The first-order valence-corrected chi connectivity index (χ1v) is 17.9. The third-order valence-corrected chi connectivity index (χ3v) is 9.75. The molecule has 187 valence electrons. The van der Waals surface area contributed by atoms with E-state index in [0.29, 0.717) is 17.2 Å². The predicted octanol–water partition coefficient (Wildman–Crippen LogP) is 10.2. The van der Waals surface area contributed by atoms with Gasteiger partial charge in [-0.2, -0.15) is 14.1 Å². The number of aromatic hydroxyl groups is 3. The van der Waals surface area contributed by atoms with Crippen LogP contribution in [0.4, 0.5) is 0 Å². The van der Waals surface area contributed by atoms with Crippen molar-refractivity contribution in [2.75, 3.05) is 14.1 Å². The van der Waals surface area contributed by atoms with Gasteiger partial charge in [0.05, 0.1) is 21.4 Å². The summed E-state index contributed by atoms with van der Waals surface area (Å²) in [6, 6.07) is 11.7. The Hall–Kier alpha value is 4.17. The predicted molar refractivity (Wildman–Crippen MR) is 214 cm³/mol. The minimum Gasteiger partial charge on any atom is -0.668 e. The summed E-state index contributed by atoms with van der Waals surface area (Å²) >= 11 is 19.4. The van der Waals surface area contributed by atoms with E-state index in [2.05, 4.69) is 209 Å². The van der Waals surface area contributed by atoms with Crippen LogP contribution in [0.5, 0.6) is 17.2 Å². The summed E-state index contributed by atoms with van der Waals surface area (Å²) in [5.41, 5.74) is 0. The second kappa shape index (κ2) is 21.9. The van der Waals surface area contributed by atoms with Crippen LogP contribution >= 0.6 is 203 Å². The number of phenolic OH excluding ortho intramolecular Hbond substituents is 3. The fourth-order valence-corrected chi connectivity index (χ4v) is 12.4. The standard InChI is InChI=1S/3C6H3I3O.C2H6N.V/c3*7-3-1-4(8)6(10)5(9)2-3;1-3-2;/h3*1-2,10H;1-2H3;/q;;;-1;. The van der Waals surface area contributed by atoms with Crippen LogP contribution in [0.25, 0.3) is 5.32 Å². The summed E-state index contributed by atoms with van der Waals surface area (Å²) in [6.45, 7) is 0. The molecule has 0 heterocycles. The van der Waals surface area contributed by atoms with E-state index in [1.165, 1.54) is 0 Å². The second-order valence-corrected chi connectivity index (χ2v) is 16.3. The van der Waals surface area contributed by atoms with E-state index in [4.69, 9.17) is 0 Å². The Morgan fingerprint density at radius 1 is 0.441 bits per heavy atom. The van der Waals surface area contributed by atoms with Gasteiger partial charge in [0.15, 0.2) is 0 Å². The van der Waals surface area contributed by atoms with Crippen LogP contribution in [0.15, 0.2) is 36.4 Å². The van der Waals surface area contributed by atoms with Crippen molar-refractivity contribution in [3.63, 3.8) is 0 Å². The Balaban J connectivity index is 0. The molecular weight excluding hydrogens is 1500 g/mol. The molecule has 14 heteroatoms. The monoisotopic (exact) mass is 1510 g/mol. The maximum Gasteiger partial charge on any atom is 0.142 e. The molecule has 0 unspecified atom stereocenters. The van der Waals surface area contributed by atoms with Gasteiger partial charge in [-0.25, -0.2) is 0 Å². The van der Waals surface area contributed by atoms with Gasteiger partial charge in [-0.05, 0) is 240 Å². The van der Waals surface area contributed by atoms with Crippen LogP contribution in [-0.2, 0) is 18.6 Å². The average Bonchev–Trinajstić information content (AvgIpc) is 2.70. The van der Waals surface area contributed by atoms with Crippen molar-refractivity contribution in [2.45, 2.75) is 0 Å². The normalized spacial score (nSPS) is 9.26. The first-order valence-electron chi connectivity index (χ1n) is 8.23. The molecule has 4 nitrogen and oxygen atoms in total. The van der Waals surface area contributed by atoms with E-state index in [1.807, 2.05) is 36.4 Å². The number of hydrogen-bond donors (Lipinski definition) is 3. The summed E-state index contributed by atoms with van der Waals surface area (Å²) in [7, 11) is 3.50. The van der Waals surface area contributed by atoms with Crippen LogP contribution in [-0.4, -0.2) is 29.4 Å². The number of halogens is 9. The maximum absolute atomic E-state index is 9.31. The fourth-order valence-electron chi connectivity index (χ4n) is 1.60. The van der Waals surface area contributed by atoms with Crippen molar-refractivity contribution in [1.29, 1.82) is 0 Å². The Kier molecular flexibility index (Phi) is 25.9. The molecule has 0 amide bonds. The maximum atomic E-state index is 9.31. The Morgan fingerprint density at radius 2 is 0.559 bits per heavy atom. The van der Waals surface area contributed by atoms with Gasteiger partial charge in [0.1, 0.15) is 17.2 Å². The first-order chi connectivity index (χ1) is 15.2. The minimum atomic E-state index is 0. The first kappa shape index (κ1) is 40.3. The Bertz CT molecular complexity index is 870. The zero-order valence-electron chi connectivity index (χ0n) is 17.1. The van der Waals surface area contributed by atoms with E-state index in [-0.39, 0.29) is 18.6 Å². The number of hydrogen-bond acceptors (Lipinski definition) is 3. The molecule has 0 bridgehead atoms. The molecule has 0 aliphatic heterocycles. The number of rotatable bonds is 0. The molecule has 0 spiro atoms. The molecule has 0 atom stereocenters. The molecule has 3 rings (SSSR count). The largest absolute Gasteiger partial charge is 0.668 e. The number of nitrogens with zero attached hydrogens (tertiary/aromatic N) is 1. The summed E-state index contributed by atoms with van der Waals surface area (Å²) < 4.78 is 8.94. The van der Waals surface area contributed by atoms with Gasteiger partial charge in [0, 0.05) is 29.3 Å². The third kappa shape index (κ3) is 16.4. The molecule has 0 aliphatic rings.